The summed E-state index contributed by atoms with van der Waals surface area (Å²) in [5.41, 5.74) is -0.843. The minimum Gasteiger partial charge on any atom is -0.481 e. The highest BCUT2D eigenvalue weighted by atomic mass is 79.9. The van der Waals surface area contributed by atoms with E-state index in [4.69, 9.17) is 4.74 Å². The fourth-order valence-corrected chi connectivity index (χ4v) is 2.35. The van der Waals surface area contributed by atoms with E-state index in [1.807, 2.05) is 0 Å². The predicted molar refractivity (Wildman–Crippen MR) is 86.5 cm³/mol. The van der Waals surface area contributed by atoms with E-state index in [1.54, 1.807) is 19.1 Å². The van der Waals surface area contributed by atoms with Crippen molar-refractivity contribution in [1.82, 2.24) is 4.98 Å². The molecule has 2 N–H and O–H groups in total. The Hall–Kier alpha value is -1.14. The van der Waals surface area contributed by atoms with Crippen molar-refractivity contribution in [3.8, 4) is 5.88 Å². The third-order valence-corrected chi connectivity index (χ3v) is 3.65. The predicted octanol–water partition coefficient (Wildman–Crippen LogP) is 3.51. The average molecular weight is 359 g/mol. The summed E-state index contributed by atoms with van der Waals surface area (Å²) in [7, 11) is 1.50. The van der Waals surface area contributed by atoms with Crippen molar-refractivity contribution in [2.75, 3.05) is 12.4 Å². The van der Waals surface area contributed by atoms with Gasteiger partial charge in [0, 0.05) is 11.8 Å². The Labute approximate surface area is 134 Å². The fraction of sp³-hybridized carbons (Fsp3) is 0.600. The Balaban J connectivity index is 2.64. The van der Waals surface area contributed by atoms with Crippen molar-refractivity contribution in [1.29, 1.82) is 0 Å². The van der Waals surface area contributed by atoms with Crippen LogP contribution in [0.3, 0.4) is 0 Å². The minimum atomic E-state index is -1.38. The van der Waals surface area contributed by atoms with Gasteiger partial charge in [-0.1, -0.05) is 32.6 Å². The van der Waals surface area contributed by atoms with E-state index in [9.17, 15) is 9.90 Å². The number of halogens is 1. The van der Waals surface area contributed by atoms with E-state index >= 15 is 0 Å². The van der Waals surface area contributed by atoms with E-state index in [0.717, 1.165) is 25.7 Å². The summed E-state index contributed by atoms with van der Waals surface area (Å²) in [5, 5.41) is 13.0. The molecule has 0 saturated carbocycles. The number of amides is 1. The molecule has 6 heteroatoms. The first kappa shape index (κ1) is 17.9. The Morgan fingerprint density at radius 2 is 2.14 bits per heavy atom. The van der Waals surface area contributed by atoms with Crippen molar-refractivity contribution in [3.05, 3.63) is 16.7 Å². The number of hydrogen-bond acceptors (Lipinski definition) is 4. The Morgan fingerprint density at radius 1 is 1.43 bits per heavy atom. The van der Waals surface area contributed by atoms with Gasteiger partial charge in [-0.05, 0) is 35.3 Å². The van der Waals surface area contributed by atoms with Gasteiger partial charge in [0.1, 0.15) is 10.2 Å². The largest absolute Gasteiger partial charge is 0.481 e. The monoisotopic (exact) mass is 358 g/mol. The summed E-state index contributed by atoms with van der Waals surface area (Å²) in [4.78, 5) is 16.2. The quantitative estimate of drug-likeness (QED) is 0.550. The molecule has 0 bridgehead atoms. The molecule has 21 heavy (non-hydrogen) atoms. The van der Waals surface area contributed by atoms with Crippen molar-refractivity contribution in [2.45, 2.75) is 51.6 Å². The molecule has 1 unspecified atom stereocenters. The first-order valence-corrected chi connectivity index (χ1v) is 7.93. The van der Waals surface area contributed by atoms with Crippen LogP contribution in [0.1, 0.15) is 46.0 Å². The molecule has 1 aromatic heterocycles. The molecule has 0 aliphatic rings. The van der Waals surface area contributed by atoms with Gasteiger partial charge in [0.15, 0.2) is 0 Å². The third-order valence-electron chi connectivity index (χ3n) is 3.24. The van der Waals surface area contributed by atoms with Gasteiger partial charge in [0.05, 0.1) is 7.11 Å². The molecule has 118 valence electrons. The Kier molecular flexibility index (Phi) is 7.11. The maximum absolute atomic E-state index is 12.2. The number of ether oxygens (including phenoxy) is 1. The highest BCUT2D eigenvalue weighted by Crippen LogP contribution is 2.23. The van der Waals surface area contributed by atoms with E-state index in [-0.39, 0.29) is 0 Å². The first-order chi connectivity index (χ1) is 9.89. The van der Waals surface area contributed by atoms with Gasteiger partial charge in [-0.2, -0.15) is 0 Å². The molecule has 5 nitrogen and oxygen atoms in total. The molecular formula is C15H23BrN2O3. The summed E-state index contributed by atoms with van der Waals surface area (Å²) in [6.07, 6.45) is 4.54. The number of pyridine rings is 1. The molecule has 1 rings (SSSR count). The maximum Gasteiger partial charge on any atom is 0.256 e. The zero-order valence-corrected chi connectivity index (χ0v) is 14.4. The van der Waals surface area contributed by atoms with Gasteiger partial charge >= 0.3 is 0 Å². The summed E-state index contributed by atoms with van der Waals surface area (Å²) in [5.74, 6) is -0.0265. The zero-order valence-electron chi connectivity index (χ0n) is 12.8. The van der Waals surface area contributed by atoms with E-state index in [1.165, 1.54) is 7.11 Å². The lowest BCUT2D eigenvalue weighted by atomic mass is 9.97. The highest BCUT2D eigenvalue weighted by Gasteiger charge is 2.29. The van der Waals surface area contributed by atoms with Crippen molar-refractivity contribution < 1.29 is 14.6 Å². The first-order valence-electron chi connectivity index (χ1n) is 7.14. The van der Waals surface area contributed by atoms with Crippen LogP contribution in [-0.2, 0) is 4.79 Å². The second-order valence-corrected chi connectivity index (χ2v) is 6.07. The molecule has 0 aliphatic heterocycles. The number of rotatable bonds is 8. The number of hydrogen-bond donors (Lipinski definition) is 2. The summed E-state index contributed by atoms with van der Waals surface area (Å²) < 4.78 is 5.60. The summed E-state index contributed by atoms with van der Waals surface area (Å²) in [6, 6.07) is 3.27. The number of methoxy groups -OCH3 is 1. The number of anilines is 1. The number of carbonyl (C=O) groups excluding carboxylic acids is 1. The summed E-state index contributed by atoms with van der Waals surface area (Å²) >= 11 is 3.25. The van der Waals surface area contributed by atoms with Crippen LogP contribution in [0.15, 0.2) is 16.7 Å². The van der Waals surface area contributed by atoms with Gasteiger partial charge in [-0.3, -0.25) is 4.79 Å². The molecule has 1 heterocycles. The Morgan fingerprint density at radius 3 is 2.76 bits per heavy atom. The second kappa shape index (κ2) is 8.34. The molecule has 1 aromatic rings. The van der Waals surface area contributed by atoms with Gasteiger partial charge in [-0.25, -0.2) is 4.98 Å². The number of aliphatic hydroxyl groups is 1. The topological polar surface area (TPSA) is 71.5 Å². The molecule has 0 aromatic carbocycles. The number of nitrogens with zero attached hydrogens (tertiary/aromatic N) is 1. The molecule has 0 spiro atoms. The molecule has 0 fully saturated rings. The van der Waals surface area contributed by atoms with Crippen LogP contribution in [0.5, 0.6) is 5.88 Å². The number of nitrogens with one attached hydrogen (secondary N) is 1. The van der Waals surface area contributed by atoms with Crippen LogP contribution in [-0.4, -0.2) is 28.7 Å². The van der Waals surface area contributed by atoms with Crippen LogP contribution in [0.4, 0.5) is 5.69 Å². The second-order valence-electron chi connectivity index (χ2n) is 5.26. The van der Waals surface area contributed by atoms with Gasteiger partial charge in [0.2, 0.25) is 5.88 Å². The fourth-order valence-electron chi connectivity index (χ4n) is 1.92. The normalized spacial score (nSPS) is 13.6. The smallest absolute Gasteiger partial charge is 0.256 e. The van der Waals surface area contributed by atoms with Crippen LogP contribution in [0, 0.1) is 0 Å². The number of unbranched alkanes of at least 4 members (excludes halogenated alkanes) is 3. The van der Waals surface area contributed by atoms with Gasteiger partial charge < -0.3 is 15.2 Å². The minimum absolute atomic E-state index is 0.391. The standard InChI is InChI=1S/C15H23BrN2O3/c1-4-5-6-7-8-15(2,20)14(19)17-11-9-12(16)18-13(10-11)21-3/h9-10,20H,4-8H2,1-3H3,(H,17,18,19). The van der Waals surface area contributed by atoms with Crippen molar-refractivity contribution in [3.63, 3.8) is 0 Å². The number of aromatic nitrogens is 1. The van der Waals surface area contributed by atoms with Crippen LogP contribution in [0.2, 0.25) is 0 Å². The van der Waals surface area contributed by atoms with E-state index in [2.05, 4.69) is 33.2 Å². The molecule has 1 atom stereocenters. The average Bonchev–Trinajstić information content (AvgIpc) is 2.42. The van der Waals surface area contributed by atoms with Gasteiger partial charge in [-0.15, -0.1) is 0 Å². The van der Waals surface area contributed by atoms with Crippen molar-refractivity contribution in [2.24, 2.45) is 0 Å². The zero-order chi connectivity index (χ0) is 15.9. The molecule has 1 amide bonds. The molecular weight excluding hydrogens is 336 g/mol. The SMILES string of the molecule is CCCCCCC(C)(O)C(=O)Nc1cc(Br)nc(OC)c1. The van der Waals surface area contributed by atoms with Crippen molar-refractivity contribution >= 4 is 27.5 Å². The third kappa shape index (κ3) is 6.01. The van der Waals surface area contributed by atoms with E-state index in [0.29, 0.717) is 22.6 Å². The van der Waals surface area contributed by atoms with Crippen LogP contribution >= 0.6 is 15.9 Å². The molecule has 0 aliphatic carbocycles. The lowest BCUT2D eigenvalue weighted by Gasteiger charge is -2.22. The van der Waals surface area contributed by atoms with Gasteiger partial charge in [0.25, 0.3) is 5.91 Å². The highest BCUT2D eigenvalue weighted by molar-refractivity contribution is 9.10. The lowest BCUT2D eigenvalue weighted by Crippen LogP contribution is -2.40. The molecule has 0 radical (unpaired) electrons. The summed E-state index contributed by atoms with van der Waals surface area (Å²) in [6.45, 7) is 3.67. The lowest BCUT2D eigenvalue weighted by molar-refractivity contribution is -0.133. The van der Waals surface area contributed by atoms with Crippen LogP contribution in [0.25, 0.3) is 0 Å². The van der Waals surface area contributed by atoms with Crippen LogP contribution < -0.4 is 10.1 Å². The maximum atomic E-state index is 12.2. The van der Waals surface area contributed by atoms with E-state index < -0.39 is 11.5 Å². The number of carbonyl (C=O) groups is 1. The Bertz CT molecular complexity index is 478. The molecule has 0 saturated heterocycles.